The second-order valence-electron chi connectivity index (χ2n) is 7.40. The minimum absolute atomic E-state index is 0.0442. The van der Waals surface area contributed by atoms with Crippen molar-refractivity contribution in [3.63, 3.8) is 0 Å². The number of hydrogen-bond donors (Lipinski definition) is 5. The first-order valence-corrected chi connectivity index (χ1v) is 10.5. The molecule has 7 heteroatoms. The van der Waals surface area contributed by atoms with Crippen molar-refractivity contribution in [3.8, 4) is 34.5 Å². The number of ether oxygens (including phenoxy) is 1. The Morgan fingerprint density at radius 3 is 2.20 bits per heavy atom. The van der Waals surface area contributed by atoms with E-state index >= 15 is 0 Å². The Morgan fingerprint density at radius 1 is 0.867 bits per heavy atom. The zero-order chi connectivity index (χ0) is 21.4. The third kappa shape index (κ3) is 3.68. The van der Waals surface area contributed by atoms with Crippen molar-refractivity contribution in [1.29, 1.82) is 0 Å². The highest BCUT2D eigenvalue weighted by Gasteiger charge is 2.39. The lowest BCUT2D eigenvalue weighted by Crippen LogP contribution is -2.27. The van der Waals surface area contributed by atoms with Gasteiger partial charge in [-0.3, -0.25) is 0 Å². The van der Waals surface area contributed by atoms with Crippen LogP contribution in [0.2, 0.25) is 0 Å². The molecule has 0 bridgehead atoms. The topological polar surface area (TPSA) is 110 Å². The molecule has 0 aliphatic carbocycles. The van der Waals surface area contributed by atoms with Crippen molar-refractivity contribution in [2.45, 2.75) is 24.0 Å². The summed E-state index contributed by atoms with van der Waals surface area (Å²) in [4.78, 5) is 0. The van der Waals surface area contributed by atoms with E-state index in [0.717, 1.165) is 5.56 Å². The molecule has 30 heavy (non-hydrogen) atoms. The van der Waals surface area contributed by atoms with Crippen LogP contribution in [0.15, 0.2) is 54.6 Å². The van der Waals surface area contributed by atoms with E-state index in [9.17, 15) is 25.5 Å². The van der Waals surface area contributed by atoms with E-state index in [1.165, 1.54) is 24.3 Å². The smallest absolute Gasteiger partial charge is 0.200 e. The molecule has 156 valence electrons. The molecule has 5 N–H and O–H groups in total. The van der Waals surface area contributed by atoms with Crippen molar-refractivity contribution < 1.29 is 30.3 Å². The molecule has 3 aromatic carbocycles. The van der Waals surface area contributed by atoms with Gasteiger partial charge in [0.1, 0.15) is 23.4 Å². The van der Waals surface area contributed by atoms with Gasteiger partial charge in [0.2, 0.25) is 0 Å². The minimum Gasteiger partial charge on any atom is -0.508 e. The van der Waals surface area contributed by atoms with E-state index in [2.05, 4.69) is 0 Å². The number of benzene rings is 3. The van der Waals surface area contributed by atoms with Crippen LogP contribution in [0.3, 0.4) is 0 Å². The highest BCUT2D eigenvalue weighted by molar-refractivity contribution is 7.98. The Labute approximate surface area is 178 Å². The standard InChI is InChI=1S/C23H22O6S/c1-12-22(14-7-17(26)21(28)18(27)8-14)29-19-10-15(24)9-16(25)20(19)23(12)30-11-13-5-3-2-4-6-13/h2-10,12,22-28H,11H2,1H3. The van der Waals surface area contributed by atoms with Crippen LogP contribution < -0.4 is 4.74 Å². The van der Waals surface area contributed by atoms with Gasteiger partial charge >= 0.3 is 0 Å². The van der Waals surface area contributed by atoms with E-state index in [1.807, 2.05) is 37.3 Å². The van der Waals surface area contributed by atoms with Gasteiger partial charge in [-0.25, -0.2) is 0 Å². The summed E-state index contributed by atoms with van der Waals surface area (Å²) >= 11 is 1.64. The lowest BCUT2D eigenvalue weighted by atomic mass is 9.87. The van der Waals surface area contributed by atoms with Gasteiger partial charge in [0, 0.05) is 40.2 Å². The van der Waals surface area contributed by atoms with Crippen molar-refractivity contribution >= 4 is 11.8 Å². The maximum absolute atomic E-state index is 10.5. The first-order chi connectivity index (χ1) is 14.3. The largest absolute Gasteiger partial charge is 0.508 e. The number of phenolic OH excluding ortho intramolecular Hbond substituents is 5. The summed E-state index contributed by atoms with van der Waals surface area (Å²) in [5.74, 6) is -0.766. The third-order valence-electron chi connectivity index (χ3n) is 5.29. The second-order valence-corrected chi connectivity index (χ2v) is 8.53. The third-order valence-corrected chi connectivity index (χ3v) is 6.82. The summed E-state index contributed by atoms with van der Waals surface area (Å²) in [6.45, 7) is 1.96. The molecule has 3 atom stereocenters. The lowest BCUT2D eigenvalue weighted by molar-refractivity contribution is 0.118. The van der Waals surface area contributed by atoms with E-state index in [-0.39, 0.29) is 22.7 Å². The molecule has 3 aromatic rings. The predicted octanol–water partition coefficient (Wildman–Crippen LogP) is 4.96. The van der Waals surface area contributed by atoms with Crippen molar-refractivity contribution in [3.05, 3.63) is 71.3 Å². The van der Waals surface area contributed by atoms with Crippen LogP contribution in [-0.2, 0) is 5.75 Å². The summed E-state index contributed by atoms with van der Waals surface area (Å²) in [6, 6.07) is 15.4. The van der Waals surface area contributed by atoms with Gasteiger partial charge < -0.3 is 30.3 Å². The summed E-state index contributed by atoms with van der Waals surface area (Å²) < 4.78 is 6.09. The summed E-state index contributed by atoms with van der Waals surface area (Å²) in [5.41, 5.74) is 2.22. The molecule has 1 aliphatic heterocycles. The monoisotopic (exact) mass is 426 g/mol. The van der Waals surface area contributed by atoms with Crippen molar-refractivity contribution in [2.75, 3.05) is 0 Å². The van der Waals surface area contributed by atoms with Crippen LogP contribution in [0.25, 0.3) is 0 Å². The maximum atomic E-state index is 10.5. The molecule has 0 amide bonds. The molecule has 0 radical (unpaired) electrons. The zero-order valence-corrected chi connectivity index (χ0v) is 17.0. The van der Waals surface area contributed by atoms with Gasteiger partial charge in [-0.1, -0.05) is 37.3 Å². The molecule has 0 aromatic heterocycles. The SMILES string of the molecule is CC1C(c2cc(O)c(O)c(O)c2)Oc2cc(O)cc(O)c2C1SCc1ccccc1. The number of fused-ring (bicyclic) bond motifs is 1. The normalized spacial score (nSPS) is 20.4. The van der Waals surface area contributed by atoms with E-state index in [4.69, 9.17) is 4.74 Å². The fourth-order valence-corrected chi connectivity index (χ4v) is 5.22. The highest BCUT2D eigenvalue weighted by Crippen LogP contribution is 2.56. The Balaban J connectivity index is 1.74. The zero-order valence-electron chi connectivity index (χ0n) is 16.2. The Hall–Kier alpha value is -3.19. The first-order valence-electron chi connectivity index (χ1n) is 9.48. The van der Waals surface area contributed by atoms with Crippen molar-refractivity contribution in [1.82, 2.24) is 0 Å². The van der Waals surface area contributed by atoms with Gasteiger partial charge in [-0.2, -0.15) is 0 Å². The average Bonchev–Trinajstić information content (AvgIpc) is 2.71. The molecule has 1 heterocycles. The van der Waals surface area contributed by atoms with E-state index in [1.54, 1.807) is 11.8 Å². The molecule has 0 fully saturated rings. The van der Waals surface area contributed by atoms with E-state index < -0.39 is 23.4 Å². The molecule has 3 unspecified atom stereocenters. The number of rotatable bonds is 4. The predicted molar refractivity (Wildman–Crippen MR) is 114 cm³/mol. The second kappa shape index (κ2) is 7.91. The highest BCUT2D eigenvalue weighted by atomic mass is 32.2. The molecule has 0 saturated heterocycles. The van der Waals surface area contributed by atoms with Gasteiger partial charge in [0.15, 0.2) is 17.2 Å². The van der Waals surface area contributed by atoms with Crippen LogP contribution >= 0.6 is 11.8 Å². The maximum Gasteiger partial charge on any atom is 0.200 e. The van der Waals surface area contributed by atoms with E-state index in [0.29, 0.717) is 22.6 Å². The van der Waals surface area contributed by atoms with Crippen LogP contribution in [0.1, 0.15) is 35.0 Å². The number of hydrogen-bond acceptors (Lipinski definition) is 7. The Morgan fingerprint density at radius 2 is 1.53 bits per heavy atom. The molecule has 1 aliphatic rings. The van der Waals surface area contributed by atoms with Gasteiger partial charge in [0.05, 0.1) is 0 Å². The fraction of sp³-hybridized carbons (Fsp3) is 0.217. The molecule has 0 saturated carbocycles. The molecular formula is C23H22O6S. The molecule has 0 spiro atoms. The van der Waals surface area contributed by atoms with Gasteiger partial charge in [-0.15, -0.1) is 11.8 Å². The first kappa shape index (κ1) is 20.1. The lowest BCUT2D eigenvalue weighted by Gasteiger charge is -2.38. The van der Waals surface area contributed by atoms with Crippen LogP contribution in [-0.4, -0.2) is 25.5 Å². The number of thioether (sulfide) groups is 1. The Kier molecular flexibility index (Phi) is 5.30. The summed E-state index contributed by atoms with van der Waals surface area (Å²) in [7, 11) is 0. The van der Waals surface area contributed by atoms with Gasteiger partial charge in [0.25, 0.3) is 0 Å². The van der Waals surface area contributed by atoms with Gasteiger partial charge in [-0.05, 0) is 17.7 Å². The Bertz CT molecular complexity index is 1050. The molecular weight excluding hydrogens is 404 g/mol. The molecule has 4 rings (SSSR count). The summed E-state index contributed by atoms with van der Waals surface area (Å²) in [5, 5.41) is 49.9. The minimum atomic E-state index is -0.590. The van der Waals surface area contributed by atoms with Crippen LogP contribution in [0.4, 0.5) is 0 Å². The number of aromatic hydroxyl groups is 5. The molecule has 6 nitrogen and oxygen atoms in total. The fourth-order valence-electron chi connectivity index (χ4n) is 3.80. The summed E-state index contributed by atoms with van der Waals surface area (Å²) in [6.07, 6.45) is -0.579. The number of phenols is 5. The van der Waals surface area contributed by atoms with Crippen molar-refractivity contribution in [2.24, 2.45) is 5.92 Å². The van der Waals surface area contributed by atoms with Crippen LogP contribution in [0.5, 0.6) is 34.5 Å². The van der Waals surface area contributed by atoms with Crippen LogP contribution in [0, 0.1) is 5.92 Å². The average molecular weight is 426 g/mol. The quantitative estimate of drug-likeness (QED) is 0.375.